The molecule has 0 aliphatic heterocycles. The van der Waals surface area contributed by atoms with Crippen LogP contribution in [0.25, 0.3) is 0 Å². The molecule has 2 atom stereocenters. The van der Waals surface area contributed by atoms with Crippen molar-refractivity contribution in [2.75, 3.05) is 6.61 Å². The number of aliphatic hydroxyl groups is 2. The molecule has 0 heterocycles. The number of amides is 1. The van der Waals surface area contributed by atoms with Crippen molar-refractivity contribution in [3.63, 3.8) is 0 Å². The molecule has 0 aromatic heterocycles. The summed E-state index contributed by atoms with van der Waals surface area (Å²) >= 11 is 0. The average molecular weight is 802 g/mol. The van der Waals surface area contributed by atoms with E-state index in [0.29, 0.717) is 6.42 Å². The van der Waals surface area contributed by atoms with Crippen LogP contribution in [0.3, 0.4) is 0 Å². The molecular formula is C53H103NO3. The fourth-order valence-corrected chi connectivity index (χ4v) is 8.20. The highest BCUT2D eigenvalue weighted by Crippen LogP contribution is 2.17. The summed E-state index contributed by atoms with van der Waals surface area (Å²) in [4.78, 5) is 12.4. The van der Waals surface area contributed by atoms with Crippen LogP contribution in [0.2, 0.25) is 0 Å². The molecular weight excluding hydrogens is 699 g/mol. The molecule has 0 spiro atoms. The SMILES string of the molecule is CCCCCCCCCCCCCCCCCCCCCCCC/C=C/CC/C=C/C(O)C(CO)NC(=O)CCCCCCCCCCCCCCCCCCC. The predicted molar refractivity (Wildman–Crippen MR) is 253 cm³/mol. The number of aliphatic hydroxyl groups excluding tert-OH is 2. The Balaban J connectivity index is 3.51. The van der Waals surface area contributed by atoms with Crippen molar-refractivity contribution in [1.82, 2.24) is 5.32 Å². The van der Waals surface area contributed by atoms with E-state index in [9.17, 15) is 15.0 Å². The van der Waals surface area contributed by atoms with Gasteiger partial charge in [-0.05, 0) is 32.1 Å². The van der Waals surface area contributed by atoms with Crippen molar-refractivity contribution in [2.45, 2.75) is 302 Å². The first kappa shape index (κ1) is 55.9. The number of allylic oxidation sites excluding steroid dienone is 3. The van der Waals surface area contributed by atoms with Crippen LogP contribution in [0.15, 0.2) is 24.3 Å². The van der Waals surface area contributed by atoms with Crippen molar-refractivity contribution in [2.24, 2.45) is 0 Å². The maximum atomic E-state index is 12.4. The molecule has 4 heteroatoms. The van der Waals surface area contributed by atoms with Gasteiger partial charge in [-0.2, -0.15) is 0 Å². The van der Waals surface area contributed by atoms with Crippen LogP contribution in [0.4, 0.5) is 0 Å². The van der Waals surface area contributed by atoms with Gasteiger partial charge < -0.3 is 15.5 Å². The highest BCUT2D eigenvalue weighted by molar-refractivity contribution is 5.76. The normalized spacial score (nSPS) is 13.0. The molecule has 0 saturated heterocycles. The van der Waals surface area contributed by atoms with Crippen LogP contribution < -0.4 is 5.32 Å². The van der Waals surface area contributed by atoms with E-state index in [1.165, 1.54) is 238 Å². The summed E-state index contributed by atoms with van der Waals surface area (Å²) in [5.41, 5.74) is 0. The van der Waals surface area contributed by atoms with Gasteiger partial charge in [0.1, 0.15) is 0 Å². The molecule has 0 aromatic rings. The third kappa shape index (κ3) is 45.8. The van der Waals surface area contributed by atoms with Crippen LogP contribution in [-0.2, 0) is 4.79 Å². The standard InChI is InChI=1S/C53H103NO3/c1-3-5-7-9-11-13-15-17-19-21-22-23-24-25-26-27-28-29-30-31-33-34-36-38-40-42-44-46-48-52(56)51(50-55)54-53(57)49-47-45-43-41-39-37-35-32-20-18-16-14-12-10-8-6-4-2/h38,40,46,48,51-52,55-56H,3-37,39,41-45,47,49-50H2,1-2H3,(H,54,57)/b40-38+,48-46+. The molecule has 4 nitrogen and oxygen atoms in total. The number of rotatable bonds is 48. The summed E-state index contributed by atoms with van der Waals surface area (Å²) in [6.45, 7) is 4.33. The molecule has 3 N–H and O–H groups in total. The van der Waals surface area contributed by atoms with Gasteiger partial charge in [0, 0.05) is 6.42 Å². The Morgan fingerprint density at radius 2 is 0.684 bits per heavy atom. The lowest BCUT2D eigenvalue weighted by Gasteiger charge is -2.19. The van der Waals surface area contributed by atoms with E-state index in [-0.39, 0.29) is 12.5 Å². The number of nitrogens with one attached hydrogen (secondary N) is 1. The Kier molecular flexibility index (Phi) is 48.3. The third-order valence-electron chi connectivity index (χ3n) is 12.2. The van der Waals surface area contributed by atoms with Crippen molar-refractivity contribution in [1.29, 1.82) is 0 Å². The highest BCUT2D eigenvalue weighted by atomic mass is 16.3. The monoisotopic (exact) mass is 802 g/mol. The smallest absolute Gasteiger partial charge is 0.220 e. The van der Waals surface area contributed by atoms with Gasteiger partial charge in [-0.25, -0.2) is 0 Å². The van der Waals surface area contributed by atoms with Gasteiger partial charge >= 0.3 is 0 Å². The molecule has 0 aromatic carbocycles. The predicted octanol–water partition coefficient (Wildman–Crippen LogP) is 16.8. The molecule has 0 fully saturated rings. The van der Waals surface area contributed by atoms with Gasteiger partial charge in [-0.15, -0.1) is 0 Å². The van der Waals surface area contributed by atoms with Crippen molar-refractivity contribution in [3.05, 3.63) is 24.3 Å². The number of unbranched alkanes of at least 4 members (excludes halogenated alkanes) is 39. The van der Waals surface area contributed by atoms with Gasteiger partial charge in [0.15, 0.2) is 0 Å². The van der Waals surface area contributed by atoms with Gasteiger partial charge in [0.2, 0.25) is 5.91 Å². The molecule has 2 unspecified atom stereocenters. The summed E-state index contributed by atoms with van der Waals surface area (Å²) in [6, 6.07) is -0.635. The molecule has 0 bridgehead atoms. The van der Waals surface area contributed by atoms with Crippen LogP contribution in [0, 0.1) is 0 Å². The van der Waals surface area contributed by atoms with Crippen LogP contribution in [-0.4, -0.2) is 34.9 Å². The van der Waals surface area contributed by atoms with Gasteiger partial charge in [0.25, 0.3) is 0 Å². The van der Waals surface area contributed by atoms with Crippen LogP contribution >= 0.6 is 0 Å². The molecule has 1 amide bonds. The first-order chi connectivity index (χ1) is 28.2. The van der Waals surface area contributed by atoms with Crippen LogP contribution in [0.1, 0.15) is 290 Å². The van der Waals surface area contributed by atoms with Gasteiger partial charge in [-0.3, -0.25) is 4.79 Å². The van der Waals surface area contributed by atoms with E-state index >= 15 is 0 Å². The maximum absolute atomic E-state index is 12.4. The van der Waals surface area contributed by atoms with E-state index in [0.717, 1.165) is 32.1 Å². The van der Waals surface area contributed by atoms with Gasteiger partial charge in [0.05, 0.1) is 18.8 Å². The second-order valence-electron chi connectivity index (χ2n) is 17.9. The summed E-state index contributed by atoms with van der Waals surface area (Å²) in [5, 5.41) is 23.1. The summed E-state index contributed by atoms with van der Waals surface area (Å²) in [6.07, 6.45) is 64.7. The molecule has 0 radical (unpaired) electrons. The van der Waals surface area contributed by atoms with E-state index in [1.807, 2.05) is 6.08 Å². The Hall–Kier alpha value is -1.13. The third-order valence-corrected chi connectivity index (χ3v) is 12.2. The van der Waals surface area contributed by atoms with E-state index in [4.69, 9.17) is 0 Å². The Bertz CT molecular complexity index is 825. The lowest BCUT2D eigenvalue weighted by atomic mass is 10.0. The van der Waals surface area contributed by atoms with Crippen LogP contribution in [0.5, 0.6) is 0 Å². The lowest BCUT2D eigenvalue weighted by molar-refractivity contribution is -0.123. The molecule has 338 valence electrons. The minimum atomic E-state index is -0.859. The minimum Gasteiger partial charge on any atom is -0.394 e. The Labute approximate surface area is 358 Å². The second-order valence-corrected chi connectivity index (χ2v) is 17.9. The zero-order chi connectivity index (χ0) is 41.4. The average Bonchev–Trinajstić information content (AvgIpc) is 3.22. The van der Waals surface area contributed by atoms with Crippen molar-refractivity contribution in [3.8, 4) is 0 Å². The Morgan fingerprint density at radius 3 is 1.02 bits per heavy atom. The quantitative estimate of drug-likeness (QED) is 0.0424. The number of carbonyl (C=O) groups is 1. The lowest BCUT2D eigenvalue weighted by Crippen LogP contribution is -2.45. The van der Waals surface area contributed by atoms with Gasteiger partial charge in [-0.1, -0.05) is 276 Å². The highest BCUT2D eigenvalue weighted by Gasteiger charge is 2.17. The fourth-order valence-electron chi connectivity index (χ4n) is 8.20. The number of hydrogen-bond acceptors (Lipinski definition) is 3. The maximum Gasteiger partial charge on any atom is 0.220 e. The zero-order valence-electron chi connectivity index (χ0n) is 38.9. The Morgan fingerprint density at radius 1 is 0.404 bits per heavy atom. The van der Waals surface area contributed by atoms with Crippen molar-refractivity contribution >= 4 is 5.91 Å². The molecule has 0 saturated carbocycles. The fraction of sp³-hybridized carbons (Fsp3) is 0.906. The van der Waals surface area contributed by atoms with E-state index in [1.54, 1.807) is 6.08 Å². The van der Waals surface area contributed by atoms with Crippen molar-refractivity contribution < 1.29 is 15.0 Å². The second kappa shape index (κ2) is 49.2. The summed E-state index contributed by atoms with van der Waals surface area (Å²) in [5.74, 6) is -0.0687. The largest absolute Gasteiger partial charge is 0.394 e. The first-order valence-electron chi connectivity index (χ1n) is 26.1. The zero-order valence-corrected chi connectivity index (χ0v) is 38.9. The first-order valence-corrected chi connectivity index (χ1v) is 26.1. The summed E-state index contributed by atoms with van der Waals surface area (Å²) in [7, 11) is 0. The number of carbonyl (C=O) groups excluding carboxylic acids is 1. The summed E-state index contributed by atoms with van der Waals surface area (Å²) < 4.78 is 0. The topological polar surface area (TPSA) is 69.6 Å². The van der Waals surface area contributed by atoms with E-state index < -0.39 is 12.1 Å². The molecule has 0 aliphatic carbocycles. The molecule has 0 aliphatic rings. The van der Waals surface area contributed by atoms with E-state index in [2.05, 4.69) is 31.3 Å². The minimum absolute atomic E-state index is 0.0687. The molecule has 0 rings (SSSR count). The number of hydrogen-bond donors (Lipinski definition) is 3. The molecule has 57 heavy (non-hydrogen) atoms.